The third-order valence-electron chi connectivity index (χ3n) is 1.28. The Morgan fingerprint density at radius 1 is 1.67 bits per heavy atom. The van der Waals surface area contributed by atoms with Crippen molar-refractivity contribution in [2.45, 2.75) is 13.3 Å². The molecule has 1 aromatic rings. The SMILES string of the molecule is [2H]C([2H])([2H])CC(=O)c1c[nH]c(=O)[nH]c1=O. The predicted octanol–water partition coefficient (Wildman–Crippen LogP) is -0.344. The van der Waals surface area contributed by atoms with E-state index >= 15 is 0 Å². The average Bonchev–Trinajstić information content (AvgIpc) is 1.99. The Morgan fingerprint density at radius 2 is 2.42 bits per heavy atom. The van der Waals surface area contributed by atoms with Crippen LogP contribution in [0.1, 0.15) is 27.7 Å². The molecule has 5 heteroatoms. The first-order valence-electron chi connectivity index (χ1n) is 4.65. The lowest BCUT2D eigenvalue weighted by Crippen LogP contribution is -2.26. The van der Waals surface area contributed by atoms with Crippen molar-refractivity contribution in [2.24, 2.45) is 0 Å². The van der Waals surface area contributed by atoms with Gasteiger partial charge in [-0.1, -0.05) is 6.85 Å². The summed E-state index contributed by atoms with van der Waals surface area (Å²) in [5, 5.41) is 0. The van der Waals surface area contributed by atoms with Gasteiger partial charge in [-0.3, -0.25) is 14.6 Å². The molecule has 12 heavy (non-hydrogen) atoms. The van der Waals surface area contributed by atoms with Crippen LogP contribution < -0.4 is 11.2 Å². The van der Waals surface area contributed by atoms with E-state index in [1.807, 2.05) is 4.98 Å². The number of Topliss-reactive ketones (excluding diaryl/α,β-unsaturated/α-hetero) is 1. The van der Waals surface area contributed by atoms with E-state index in [0.29, 0.717) is 0 Å². The molecule has 64 valence electrons. The smallest absolute Gasteiger partial charge is 0.313 e. The molecule has 0 spiro atoms. The number of carbonyl (C=O) groups is 1. The van der Waals surface area contributed by atoms with Crippen molar-refractivity contribution < 1.29 is 8.91 Å². The molecule has 2 N–H and O–H groups in total. The molecule has 0 aromatic carbocycles. The van der Waals surface area contributed by atoms with E-state index in [9.17, 15) is 14.4 Å². The minimum absolute atomic E-state index is 0.356. The summed E-state index contributed by atoms with van der Waals surface area (Å²) in [6.45, 7) is -2.43. The number of nitrogens with one attached hydrogen (secondary N) is 2. The summed E-state index contributed by atoms with van der Waals surface area (Å²) in [7, 11) is 0. The number of carbonyl (C=O) groups excluding carboxylic acids is 1. The van der Waals surface area contributed by atoms with E-state index in [-0.39, 0.29) is 5.56 Å². The molecule has 0 amide bonds. The summed E-state index contributed by atoms with van der Waals surface area (Å²) in [6, 6.07) is 0. The minimum atomic E-state index is -2.43. The molecule has 0 fully saturated rings. The minimum Gasteiger partial charge on any atom is -0.313 e. The van der Waals surface area contributed by atoms with E-state index in [4.69, 9.17) is 4.11 Å². The molecule has 0 aliphatic carbocycles. The second-order valence-electron chi connectivity index (χ2n) is 2.09. The first-order chi connectivity index (χ1) is 6.79. The molecule has 0 radical (unpaired) electrons. The fourth-order valence-electron chi connectivity index (χ4n) is 0.712. The van der Waals surface area contributed by atoms with E-state index in [0.717, 1.165) is 6.20 Å². The van der Waals surface area contributed by atoms with Crippen LogP contribution in [0.25, 0.3) is 0 Å². The van der Waals surface area contributed by atoms with Gasteiger partial charge in [0.05, 0.1) is 5.56 Å². The molecule has 0 bridgehead atoms. The Labute approximate surface area is 71.7 Å². The van der Waals surface area contributed by atoms with Crippen molar-refractivity contribution in [2.75, 3.05) is 0 Å². The van der Waals surface area contributed by atoms with Crippen LogP contribution in [-0.4, -0.2) is 15.8 Å². The molecule has 0 aliphatic heterocycles. The highest BCUT2D eigenvalue weighted by Crippen LogP contribution is 1.91. The lowest BCUT2D eigenvalue weighted by Gasteiger charge is -1.93. The van der Waals surface area contributed by atoms with Gasteiger partial charge < -0.3 is 4.98 Å². The number of aromatic nitrogens is 2. The summed E-state index contributed by atoms with van der Waals surface area (Å²) >= 11 is 0. The van der Waals surface area contributed by atoms with E-state index in [1.54, 1.807) is 0 Å². The van der Waals surface area contributed by atoms with E-state index < -0.39 is 30.3 Å². The zero-order valence-corrected chi connectivity index (χ0v) is 6.01. The Kier molecular flexibility index (Phi) is 1.34. The maximum atomic E-state index is 11.3. The lowest BCUT2D eigenvalue weighted by molar-refractivity contribution is 0.0986. The van der Waals surface area contributed by atoms with Gasteiger partial charge in [0, 0.05) is 16.7 Å². The molecular weight excluding hydrogens is 160 g/mol. The van der Waals surface area contributed by atoms with Crippen molar-refractivity contribution in [1.82, 2.24) is 9.97 Å². The van der Waals surface area contributed by atoms with Crippen molar-refractivity contribution in [3.05, 3.63) is 32.6 Å². The molecule has 0 saturated carbocycles. The van der Waals surface area contributed by atoms with Crippen LogP contribution in [0.5, 0.6) is 0 Å². The quantitative estimate of drug-likeness (QED) is 0.597. The largest absolute Gasteiger partial charge is 0.325 e. The van der Waals surface area contributed by atoms with Gasteiger partial charge in [0.15, 0.2) is 5.78 Å². The third-order valence-corrected chi connectivity index (χ3v) is 1.28. The molecule has 1 heterocycles. The van der Waals surface area contributed by atoms with Crippen LogP contribution in [0, 0.1) is 0 Å². The highest BCUT2D eigenvalue weighted by Gasteiger charge is 2.07. The molecule has 0 atom stereocenters. The molecule has 0 unspecified atom stereocenters. The summed E-state index contributed by atoms with van der Waals surface area (Å²) in [5.74, 6) is -0.826. The number of ketones is 1. The lowest BCUT2D eigenvalue weighted by atomic mass is 10.2. The number of aromatic amines is 2. The summed E-state index contributed by atoms with van der Waals surface area (Å²) < 4.78 is 20.6. The number of H-pyrrole nitrogens is 2. The van der Waals surface area contributed by atoms with Crippen LogP contribution >= 0.6 is 0 Å². The highest BCUT2D eigenvalue weighted by molar-refractivity contribution is 5.95. The van der Waals surface area contributed by atoms with Gasteiger partial charge in [-0.2, -0.15) is 0 Å². The Morgan fingerprint density at radius 3 is 3.00 bits per heavy atom. The number of hydrogen-bond acceptors (Lipinski definition) is 3. The fourth-order valence-corrected chi connectivity index (χ4v) is 0.712. The highest BCUT2D eigenvalue weighted by atomic mass is 16.2. The normalized spacial score (nSPS) is 14.5. The molecule has 1 aromatic heterocycles. The summed E-state index contributed by atoms with van der Waals surface area (Å²) in [4.78, 5) is 36.9. The van der Waals surface area contributed by atoms with E-state index in [2.05, 4.69) is 4.98 Å². The van der Waals surface area contributed by atoms with E-state index in [1.165, 1.54) is 0 Å². The van der Waals surface area contributed by atoms with Crippen molar-refractivity contribution in [3.63, 3.8) is 0 Å². The number of rotatable bonds is 2. The number of hydrogen-bond donors (Lipinski definition) is 2. The van der Waals surface area contributed by atoms with Gasteiger partial charge in [0.25, 0.3) is 5.56 Å². The van der Waals surface area contributed by atoms with Gasteiger partial charge >= 0.3 is 5.69 Å². The van der Waals surface area contributed by atoms with Crippen molar-refractivity contribution in [1.29, 1.82) is 0 Å². The zero-order valence-electron chi connectivity index (χ0n) is 9.01. The average molecular weight is 171 g/mol. The first-order valence-corrected chi connectivity index (χ1v) is 3.15. The van der Waals surface area contributed by atoms with Crippen molar-refractivity contribution >= 4 is 5.78 Å². The van der Waals surface area contributed by atoms with Crippen LogP contribution in [0.2, 0.25) is 0 Å². The molecular formula is C7H8N2O3. The van der Waals surface area contributed by atoms with Crippen LogP contribution in [0.4, 0.5) is 0 Å². The van der Waals surface area contributed by atoms with Gasteiger partial charge in [-0.15, -0.1) is 0 Å². The van der Waals surface area contributed by atoms with Gasteiger partial charge in [-0.05, 0) is 0 Å². The van der Waals surface area contributed by atoms with Crippen LogP contribution in [0.3, 0.4) is 0 Å². The zero-order chi connectivity index (χ0) is 11.6. The van der Waals surface area contributed by atoms with Gasteiger partial charge in [0.2, 0.25) is 0 Å². The van der Waals surface area contributed by atoms with Crippen LogP contribution in [-0.2, 0) is 0 Å². The first kappa shape index (κ1) is 5.08. The topological polar surface area (TPSA) is 82.8 Å². The van der Waals surface area contributed by atoms with Gasteiger partial charge in [-0.25, -0.2) is 4.79 Å². The fraction of sp³-hybridized carbons (Fsp3) is 0.286. The van der Waals surface area contributed by atoms with Crippen molar-refractivity contribution in [3.8, 4) is 0 Å². The second kappa shape index (κ2) is 3.17. The Hall–Kier alpha value is -1.65. The predicted molar refractivity (Wildman–Crippen MR) is 42.3 cm³/mol. The molecule has 5 nitrogen and oxygen atoms in total. The molecule has 0 aliphatic rings. The molecule has 0 saturated heterocycles. The standard InChI is InChI=1S/C7H8N2O3/c1-2-5(10)4-3-8-7(12)9-6(4)11/h3H,2H2,1H3,(H2,8,9,11,12)/i1D3. The second-order valence-corrected chi connectivity index (χ2v) is 2.09. The summed E-state index contributed by atoms with van der Waals surface area (Å²) in [5.41, 5.74) is -1.98. The third kappa shape index (κ3) is 1.50. The Balaban J connectivity index is 3.03. The maximum absolute atomic E-state index is 11.3. The van der Waals surface area contributed by atoms with Gasteiger partial charge in [0.1, 0.15) is 0 Å². The maximum Gasteiger partial charge on any atom is 0.325 e. The summed E-state index contributed by atoms with van der Waals surface area (Å²) in [6.07, 6.45) is 0.178. The Bertz CT molecular complexity index is 485. The molecule has 1 rings (SSSR count). The monoisotopic (exact) mass is 171 g/mol. The van der Waals surface area contributed by atoms with Crippen LogP contribution in [0.15, 0.2) is 15.8 Å².